The topological polar surface area (TPSA) is 42.9 Å². The average molecular weight is 459 g/mol. The molecule has 1 saturated heterocycles. The van der Waals surface area contributed by atoms with Crippen LogP contribution >= 0.6 is 24.0 Å². The molecule has 0 atom stereocenters. The minimum Gasteiger partial charge on any atom is -0.356 e. The van der Waals surface area contributed by atoms with Gasteiger partial charge in [-0.25, -0.2) is 0 Å². The first-order valence-electron chi connectivity index (χ1n) is 9.17. The third-order valence-electron chi connectivity index (χ3n) is 4.56. The summed E-state index contributed by atoms with van der Waals surface area (Å²) in [4.78, 5) is 9.28. The Morgan fingerprint density at radius 1 is 1.00 bits per heavy atom. The van der Waals surface area contributed by atoms with Crippen LogP contribution in [-0.4, -0.2) is 75.7 Å². The van der Waals surface area contributed by atoms with Gasteiger partial charge in [0, 0.05) is 46.3 Å². The lowest BCUT2D eigenvalue weighted by molar-refractivity contribution is 0.152. The van der Waals surface area contributed by atoms with E-state index in [9.17, 15) is 0 Å². The number of hydrogen-bond donors (Lipinski definition) is 2. The summed E-state index contributed by atoms with van der Waals surface area (Å²) in [5.74, 6) is 0.908. The van der Waals surface area contributed by atoms with Gasteiger partial charge in [0.05, 0.1) is 0 Å². The van der Waals surface area contributed by atoms with E-state index in [1.807, 2.05) is 7.05 Å². The molecule has 0 aromatic heterocycles. The number of halogens is 1. The molecule has 1 aliphatic heterocycles. The molecule has 25 heavy (non-hydrogen) atoms. The van der Waals surface area contributed by atoms with E-state index in [2.05, 4.69) is 62.8 Å². The molecule has 0 bridgehead atoms. The molecule has 6 heteroatoms. The van der Waals surface area contributed by atoms with Crippen LogP contribution in [0.15, 0.2) is 35.3 Å². The second-order valence-corrected chi connectivity index (χ2v) is 6.51. The van der Waals surface area contributed by atoms with E-state index in [0.29, 0.717) is 0 Å². The highest BCUT2D eigenvalue weighted by Gasteiger charge is 2.12. The van der Waals surface area contributed by atoms with E-state index in [1.54, 1.807) is 0 Å². The maximum Gasteiger partial charge on any atom is 0.190 e. The summed E-state index contributed by atoms with van der Waals surface area (Å²) >= 11 is 0. The van der Waals surface area contributed by atoms with Crippen LogP contribution in [0.1, 0.15) is 18.4 Å². The lowest BCUT2D eigenvalue weighted by Crippen LogP contribution is -2.44. The molecule has 2 rings (SSSR count). The smallest absolute Gasteiger partial charge is 0.190 e. The van der Waals surface area contributed by atoms with Crippen LogP contribution < -0.4 is 10.6 Å². The van der Waals surface area contributed by atoms with Crippen LogP contribution in [0.5, 0.6) is 0 Å². The van der Waals surface area contributed by atoms with Crippen molar-refractivity contribution in [3.05, 3.63) is 35.9 Å². The van der Waals surface area contributed by atoms with Gasteiger partial charge in [-0.05, 0) is 38.4 Å². The number of hydrogen-bond acceptors (Lipinski definition) is 3. The molecule has 1 aliphatic rings. The molecule has 1 fully saturated rings. The molecular weight excluding hydrogens is 425 g/mol. The number of benzene rings is 1. The first-order valence-corrected chi connectivity index (χ1v) is 9.17. The minimum absolute atomic E-state index is 0. The number of piperazine rings is 1. The third kappa shape index (κ3) is 9.42. The quantitative estimate of drug-likeness (QED) is 0.270. The molecule has 0 radical (unpaired) electrons. The zero-order valence-corrected chi connectivity index (χ0v) is 18.0. The Hall–Kier alpha value is -0.860. The van der Waals surface area contributed by atoms with Crippen LogP contribution in [0, 0.1) is 0 Å². The van der Waals surface area contributed by atoms with Crippen molar-refractivity contribution in [1.82, 2.24) is 20.4 Å². The van der Waals surface area contributed by atoms with Gasteiger partial charge in [0.1, 0.15) is 0 Å². The molecule has 0 unspecified atom stereocenters. The van der Waals surface area contributed by atoms with Gasteiger partial charge >= 0.3 is 0 Å². The fraction of sp³-hybridized carbons (Fsp3) is 0.632. The lowest BCUT2D eigenvalue weighted by Gasteiger charge is -2.32. The monoisotopic (exact) mass is 459 g/mol. The van der Waals surface area contributed by atoms with Crippen LogP contribution in [0.25, 0.3) is 0 Å². The highest BCUT2D eigenvalue weighted by atomic mass is 127. The van der Waals surface area contributed by atoms with Gasteiger partial charge in [-0.15, -0.1) is 24.0 Å². The van der Waals surface area contributed by atoms with Crippen LogP contribution in [0.3, 0.4) is 0 Å². The highest BCUT2D eigenvalue weighted by Crippen LogP contribution is 2.01. The Labute approximate surface area is 170 Å². The highest BCUT2D eigenvalue weighted by molar-refractivity contribution is 14.0. The van der Waals surface area contributed by atoms with Gasteiger partial charge in [-0.1, -0.05) is 30.3 Å². The molecule has 5 nitrogen and oxygen atoms in total. The number of rotatable bonds is 8. The third-order valence-corrected chi connectivity index (χ3v) is 4.56. The van der Waals surface area contributed by atoms with Gasteiger partial charge in [0.15, 0.2) is 5.96 Å². The van der Waals surface area contributed by atoms with Crippen molar-refractivity contribution in [3.8, 4) is 0 Å². The summed E-state index contributed by atoms with van der Waals surface area (Å²) in [6.45, 7) is 7.95. The Bertz CT molecular complexity index is 472. The summed E-state index contributed by atoms with van der Waals surface area (Å²) in [7, 11) is 4.04. The Morgan fingerprint density at radius 2 is 1.68 bits per heavy atom. The van der Waals surface area contributed by atoms with Crippen LogP contribution in [0.4, 0.5) is 0 Å². The fourth-order valence-corrected chi connectivity index (χ4v) is 2.93. The SMILES string of the molecule is CN=C(NCCCCN1CCN(C)CC1)NCCc1ccccc1.I. The van der Waals surface area contributed by atoms with E-state index in [-0.39, 0.29) is 24.0 Å². The van der Waals surface area contributed by atoms with Crippen molar-refractivity contribution >= 4 is 29.9 Å². The van der Waals surface area contributed by atoms with E-state index < -0.39 is 0 Å². The number of aliphatic imine (C=N–C) groups is 1. The van der Waals surface area contributed by atoms with E-state index in [4.69, 9.17) is 0 Å². The zero-order chi connectivity index (χ0) is 17.0. The van der Waals surface area contributed by atoms with Crippen molar-refractivity contribution in [2.24, 2.45) is 4.99 Å². The molecule has 1 heterocycles. The summed E-state index contributed by atoms with van der Waals surface area (Å²) in [6.07, 6.45) is 3.45. The second-order valence-electron chi connectivity index (χ2n) is 6.51. The van der Waals surface area contributed by atoms with Crippen molar-refractivity contribution < 1.29 is 0 Å². The number of likely N-dealkylation sites (N-methyl/N-ethyl adjacent to an activating group) is 1. The Kier molecular flexibility index (Phi) is 11.9. The van der Waals surface area contributed by atoms with Crippen molar-refractivity contribution in [3.63, 3.8) is 0 Å². The van der Waals surface area contributed by atoms with E-state index in [1.165, 1.54) is 51.1 Å². The zero-order valence-electron chi connectivity index (χ0n) is 15.7. The standard InChI is InChI=1S/C19H33N5.HI/c1-20-19(22-12-10-18-8-4-3-5-9-18)21-11-6-7-13-24-16-14-23(2)15-17-24;/h3-5,8-9H,6-7,10-17H2,1-2H3,(H2,20,21,22);1H. The maximum atomic E-state index is 4.29. The normalized spacial score (nSPS) is 16.3. The lowest BCUT2D eigenvalue weighted by atomic mass is 10.1. The van der Waals surface area contributed by atoms with Crippen LogP contribution in [0.2, 0.25) is 0 Å². The minimum atomic E-state index is 0. The van der Waals surface area contributed by atoms with Crippen molar-refractivity contribution in [2.45, 2.75) is 19.3 Å². The molecule has 142 valence electrons. The second kappa shape index (κ2) is 13.4. The molecule has 2 N–H and O–H groups in total. The maximum absolute atomic E-state index is 4.29. The van der Waals surface area contributed by atoms with Crippen molar-refractivity contribution in [1.29, 1.82) is 0 Å². The molecule has 0 saturated carbocycles. The molecule has 1 aromatic carbocycles. The van der Waals surface area contributed by atoms with E-state index >= 15 is 0 Å². The molecule has 1 aromatic rings. The van der Waals surface area contributed by atoms with Gasteiger partial charge in [-0.3, -0.25) is 4.99 Å². The molecule has 0 aliphatic carbocycles. The number of nitrogens with zero attached hydrogens (tertiary/aromatic N) is 3. The van der Waals surface area contributed by atoms with Gasteiger partial charge in [0.2, 0.25) is 0 Å². The Morgan fingerprint density at radius 3 is 2.36 bits per heavy atom. The average Bonchev–Trinajstić information content (AvgIpc) is 2.62. The predicted molar refractivity (Wildman–Crippen MR) is 118 cm³/mol. The van der Waals surface area contributed by atoms with Gasteiger partial charge in [-0.2, -0.15) is 0 Å². The molecule has 0 amide bonds. The fourth-order valence-electron chi connectivity index (χ4n) is 2.93. The predicted octanol–water partition coefficient (Wildman–Crippen LogP) is 2.04. The van der Waals surface area contributed by atoms with Crippen molar-refractivity contribution in [2.75, 3.05) is 59.9 Å². The summed E-state index contributed by atoms with van der Waals surface area (Å²) in [5.41, 5.74) is 1.35. The van der Waals surface area contributed by atoms with E-state index in [0.717, 1.165) is 25.5 Å². The largest absolute Gasteiger partial charge is 0.356 e. The van der Waals surface area contributed by atoms with Crippen LogP contribution in [-0.2, 0) is 6.42 Å². The molecule has 0 spiro atoms. The van der Waals surface area contributed by atoms with Gasteiger partial charge in [0.25, 0.3) is 0 Å². The molecular formula is C19H34IN5. The summed E-state index contributed by atoms with van der Waals surface area (Å²) in [6, 6.07) is 10.6. The Balaban J connectivity index is 0.00000312. The summed E-state index contributed by atoms with van der Waals surface area (Å²) < 4.78 is 0. The number of unbranched alkanes of at least 4 members (excludes halogenated alkanes) is 1. The van der Waals surface area contributed by atoms with Gasteiger partial charge < -0.3 is 20.4 Å². The first-order chi connectivity index (χ1) is 11.8. The summed E-state index contributed by atoms with van der Waals surface area (Å²) in [5, 5.41) is 6.80. The first kappa shape index (κ1) is 22.2. The number of nitrogens with one attached hydrogen (secondary N) is 2. The number of guanidine groups is 1.